The molecule has 0 aliphatic rings. The average Bonchev–Trinajstić information content (AvgIpc) is 2.76. The molecular formula is C23H28BrN3O4. The van der Waals surface area contributed by atoms with E-state index in [9.17, 15) is 9.59 Å². The number of nitrogens with one attached hydrogen (secondary N) is 2. The summed E-state index contributed by atoms with van der Waals surface area (Å²) in [4.78, 5) is 24.6. The normalized spacial score (nSPS) is 11.7. The summed E-state index contributed by atoms with van der Waals surface area (Å²) in [6.45, 7) is 6.65. The Hall–Kier alpha value is -2.87. The van der Waals surface area contributed by atoms with E-state index in [0.29, 0.717) is 30.4 Å². The van der Waals surface area contributed by atoms with Crippen LogP contribution in [0.5, 0.6) is 11.5 Å². The van der Waals surface area contributed by atoms with Crippen molar-refractivity contribution < 1.29 is 19.1 Å². The molecule has 31 heavy (non-hydrogen) atoms. The largest absolute Gasteiger partial charge is 0.490 e. The van der Waals surface area contributed by atoms with E-state index in [0.717, 1.165) is 22.9 Å². The number of hydrogen-bond acceptors (Lipinski definition) is 5. The second-order valence-electron chi connectivity index (χ2n) is 6.77. The third-order valence-corrected chi connectivity index (χ3v) is 5.02. The van der Waals surface area contributed by atoms with Crippen LogP contribution in [0, 0.1) is 5.92 Å². The summed E-state index contributed by atoms with van der Waals surface area (Å²) in [5.74, 6) is -0.557. The Morgan fingerprint density at radius 1 is 1.10 bits per heavy atom. The van der Waals surface area contributed by atoms with Crippen LogP contribution >= 0.6 is 15.9 Å². The fourth-order valence-corrected chi connectivity index (χ4v) is 2.89. The monoisotopic (exact) mass is 489 g/mol. The highest BCUT2D eigenvalue weighted by Crippen LogP contribution is 2.28. The number of carbonyl (C=O) groups is 2. The van der Waals surface area contributed by atoms with Gasteiger partial charge in [-0.15, -0.1) is 0 Å². The number of nitrogens with zero attached hydrogens (tertiary/aromatic N) is 1. The maximum Gasteiger partial charge on any atom is 0.252 e. The molecule has 166 valence electrons. The minimum atomic E-state index is -0.919. The van der Waals surface area contributed by atoms with Gasteiger partial charge in [-0.25, -0.2) is 5.43 Å². The highest BCUT2D eigenvalue weighted by molar-refractivity contribution is 9.10. The molecule has 0 aliphatic heterocycles. The van der Waals surface area contributed by atoms with Crippen LogP contribution in [0.2, 0.25) is 0 Å². The van der Waals surface area contributed by atoms with Gasteiger partial charge >= 0.3 is 0 Å². The average molecular weight is 490 g/mol. The number of unbranched alkanes of at least 4 members (excludes halogenated alkanes) is 1. The molecule has 0 radical (unpaired) electrons. The lowest BCUT2D eigenvalue weighted by Gasteiger charge is -2.12. The smallest absolute Gasteiger partial charge is 0.252 e. The number of anilines is 1. The molecule has 2 aromatic carbocycles. The number of carbonyl (C=O) groups excluding carboxylic acids is 2. The Bertz CT molecular complexity index is 917. The van der Waals surface area contributed by atoms with E-state index in [4.69, 9.17) is 9.47 Å². The maximum absolute atomic E-state index is 12.3. The van der Waals surface area contributed by atoms with Crippen molar-refractivity contribution in [3.8, 4) is 11.5 Å². The van der Waals surface area contributed by atoms with E-state index >= 15 is 0 Å². The second kappa shape index (κ2) is 12.7. The van der Waals surface area contributed by atoms with Crippen molar-refractivity contribution in [2.24, 2.45) is 11.0 Å². The summed E-state index contributed by atoms with van der Waals surface area (Å²) in [6, 6.07) is 12.6. The molecule has 0 bridgehead atoms. The second-order valence-corrected chi connectivity index (χ2v) is 7.62. The van der Waals surface area contributed by atoms with Gasteiger partial charge in [0.25, 0.3) is 5.91 Å². The zero-order chi connectivity index (χ0) is 22.6. The van der Waals surface area contributed by atoms with Crippen molar-refractivity contribution >= 4 is 39.6 Å². The molecule has 0 heterocycles. The van der Waals surface area contributed by atoms with Gasteiger partial charge in [0.05, 0.1) is 25.1 Å². The van der Waals surface area contributed by atoms with Gasteiger partial charge in [0, 0.05) is 4.47 Å². The minimum absolute atomic E-state index is 0.424. The molecule has 0 saturated heterocycles. The standard InChI is InChI=1S/C23H28BrN3O4/c1-4-6-13-31-20-12-11-17(14-21(20)30-5-2)15-25-27-23(29)16(3)22(28)26-19-10-8-7-9-18(19)24/h7-12,14-16H,4-6,13H2,1-3H3,(H,26,28)(H,27,29). The van der Waals surface area contributed by atoms with Crippen molar-refractivity contribution in [3.05, 3.63) is 52.5 Å². The third-order valence-electron chi connectivity index (χ3n) is 4.33. The van der Waals surface area contributed by atoms with Crippen molar-refractivity contribution in [1.29, 1.82) is 0 Å². The molecule has 2 N–H and O–H groups in total. The van der Waals surface area contributed by atoms with Gasteiger partial charge in [0.1, 0.15) is 5.92 Å². The summed E-state index contributed by atoms with van der Waals surface area (Å²) in [5, 5.41) is 6.68. The number of hydrogen-bond donors (Lipinski definition) is 2. The van der Waals surface area contributed by atoms with Crippen LogP contribution in [0.4, 0.5) is 5.69 Å². The number of rotatable bonds is 11. The molecule has 0 saturated carbocycles. The molecule has 0 spiro atoms. The van der Waals surface area contributed by atoms with E-state index in [-0.39, 0.29) is 0 Å². The van der Waals surface area contributed by atoms with Crippen molar-refractivity contribution in [1.82, 2.24) is 5.43 Å². The Balaban J connectivity index is 1.95. The van der Waals surface area contributed by atoms with Crippen LogP contribution in [0.25, 0.3) is 0 Å². The Morgan fingerprint density at radius 2 is 1.87 bits per heavy atom. The lowest BCUT2D eigenvalue weighted by atomic mass is 10.1. The van der Waals surface area contributed by atoms with Crippen LogP contribution in [0.1, 0.15) is 39.2 Å². The quantitative estimate of drug-likeness (QED) is 0.206. The van der Waals surface area contributed by atoms with E-state index < -0.39 is 17.7 Å². The fourth-order valence-electron chi connectivity index (χ4n) is 2.51. The molecule has 1 unspecified atom stereocenters. The van der Waals surface area contributed by atoms with Crippen LogP contribution in [0.3, 0.4) is 0 Å². The summed E-state index contributed by atoms with van der Waals surface area (Å²) >= 11 is 3.36. The first-order valence-electron chi connectivity index (χ1n) is 10.2. The predicted octanol–water partition coefficient (Wildman–Crippen LogP) is 4.75. The number of para-hydroxylation sites is 1. The van der Waals surface area contributed by atoms with E-state index in [1.54, 1.807) is 24.3 Å². The molecule has 0 aliphatic carbocycles. The van der Waals surface area contributed by atoms with Gasteiger partial charge in [-0.2, -0.15) is 5.10 Å². The topological polar surface area (TPSA) is 89.0 Å². The SMILES string of the molecule is CCCCOc1ccc(C=NNC(=O)C(C)C(=O)Nc2ccccc2Br)cc1OCC. The van der Waals surface area contributed by atoms with E-state index in [2.05, 4.69) is 38.7 Å². The molecule has 2 amide bonds. The molecule has 0 fully saturated rings. The predicted molar refractivity (Wildman–Crippen MR) is 126 cm³/mol. The first-order chi connectivity index (χ1) is 15.0. The summed E-state index contributed by atoms with van der Waals surface area (Å²) in [6.07, 6.45) is 3.51. The first-order valence-corrected chi connectivity index (χ1v) is 11.0. The number of hydrazone groups is 1. The van der Waals surface area contributed by atoms with Gasteiger partial charge in [-0.05, 0) is 72.1 Å². The van der Waals surface area contributed by atoms with Gasteiger partial charge in [-0.3, -0.25) is 9.59 Å². The molecule has 1 atom stereocenters. The van der Waals surface area contributed by atoms with Crippen molar-refractivity contribution in [3.63, 3.8) is 0 Å². The Morgan fingerprint density at radius 3 is 2.58 bits per heavy atom. The zero-order valence-corrected chi connectivity index (χ0v) is 19.6. The van der Waals surface area contributed by atoms with Crippen LogP contribution in [-0.2, 0) is 9.59 Å². The van der Waals surface area contributed by atoms with Crippen LogP contribution < -0.4 is 20.2 Å². The van der Waals surface area contributed by atoms with Crippen molar-refractivity contribution in [2.75, 3.05) is 18.5 Å². The van der Waals surface area contributed by atoms with E-state index in [1.807, 2.05) is 25.1 Å². The van der Waals surface area contributed by atoms with Crippen LogP contribution in [-0.4, -0.2) is 31.2 Å². The summed E-state index contributed by atoms with van der Waals surface area (Å²) < 4.78 is 12.1. The molecule has 7 nitrogen and oxygen atoms in total. The lowest BCUT2D eigenvalue weighted by Crippen LogP contribution is -2.34. The van der Waals surface area contributed by atoms with Gasteiger partial charge in [-0.1, -0.05) is 25.5 Å². The van der Waals surface area contributed by atoms with E-state index in [1.165, 1.54) is 13.1 Å². The Labute approximate surface area is 191 Å². The maximum atomic E-state index is 12.3. The highest BCUT2D eigenvalue weighted by Gasteiger charge is 2.21. The molecule has 2 rings (SSSR count). The molecule has 0 aromatic heterocycles. The zero-order valence-electron chi connectivity index (χ0n) is 18.0. The molecular weight excluding hydrogens is 462 g/mol. The minimum Gasteiger partial charge on any atom is -0.490 e. The van der Waals surface area contributed by atoms with Gasteiger partial charge in [0.15, 0.2) is 11.5 Å². The number of ether oxygens (including phenoxy) is 2. The first kappa shape index (κ1) is 24.4. The molecule has 2 aromatic rings. The number of benzene rings is 2. The molecule has 8 heteroatoms. The number of halogens is 1. The highest BCUT2D eigenvalue weighted by atomic mass is 79.9. The number of amides is 2. The Kier molecular flexibility index (Phi) is 10.0. The van der Waals surface area contributed by atoms with Crippen LogP contribution in [0.15, 0.2) is 52.0 Å². The van der Waals surface area contributed by atoms with Gasteiger partial charge < -0.3 is 14.8 Å². The third kappa shape index (κ3) is 7.71. The van der Waals surface area contributed by atoms with Crippen molar-refractivity contribution in [2.45, 2.75) is 33.6 Å². The van der Waals surface area contributed by atoms with Gasteiger partial charge in [0.2, 0.25) is 5.91 Å². The fraction of sp³-hybridized carbons (Fsp3) is 0.348. The summed E-state index contributed by atoms with van der Waals surface area (Å²) in [5.41, 5.74) is 3.74. The summed E-state index contributed by atoms with van der Waals surface area (Å²) in [7, 11) is 0. The lowest BCUT2D eigenvalue weighted by molar-refractivity contribution is -0.131.